The highest BCUT2D eigenvalue weighted by Gasteiger charge is 2.27. The number of hydrogen-bond acceptors (Lipinski definition) is 5. The van der Waals surface area contributed by atoms with E-state index in [0.717, 1.165) is 6.07 Å². The van der Waals surface area contributed by atoms with Gasteiger partial charge >= 0.3 is 0 Å². The lowest BCUT2D eigenvalue weighted by atomic mass is 10.1. The highest BCUT2D eigenvalue weighted by Crippen LogP contribution is 2.33. The quantitative estimate of drug-likeness (QED) is 0.617. The Labute approximate surface area is 120 Å². The zero-order valence-corrected chi connectivity index (χ0v) is 11.5. The Kier molecular flexibility index (Phi) is 5.03. The summed E-state index contributed by atoms with van der Waals surface area (Å²) in [6.45, 7) is 1.67. The number of morpholine rings is 1. The average molecular weight is 302 g/mol. The van der Waals surface area contributed by atoms with Crippen molar-refractivity contribution in [2.75, 3.05) is 38.3 Å². The third-order valence-electron chi connectivity index (χ3n) is 3.28. The topological polar surface area (TPSA) is 64.8 Å². The van der Waals surface area contributed by atoms with Gasteiger partial charge in [0.2, 0.25) is 0 Å². The molecule has 116 valence electrons. The molecule has 1 aromatic rings. The maximum atomic E-state index is 12.7. The van der Waals surface area contributed by atoms with E-state index in [1.165, 1.54) is 12.1 Å². The number of alkyl halides is 2. The first kappa shape index (κ1) is 15.6. The molecule has 6 nitrogen and oxygen atoms in total. The van der Waals surface area contributed by atoms with E-state index < -0.39 is 11.3 Å². The second-order valence-corrected chi connectivity index (χ2v) is 4.70. The molecule has 1 heterocycles. The summed E-state index contributed by atoms with van der Waals surface area (Å²) in [6, 6.07) is 3.52. The average Bonchev–Trinajstić information content (AvgIpc) is 2.47. The van der Waals surface area contributed by atoms with Crippen molar-refractivity contribution in [2.24, 2.45) is 0 Å². The highest BCUT2D eigenvalue weighted by molar-refractivity contribution is 5.64. The molecule has 1 atom stereocenters. The van der Waals surface area contributed by atoms with Crippen LogP contribution < -0.4 is 4.90 Å². The maximum absolute atomic E-state index is 12.7. The van der Waals surface area contributed by atoms with Crippen LogP contribution in [0.2, 0.25) is 0 Å². The third kappa shape index (κ3) is 3.64. The molecule has 0 N–H and O–H groups in total. The van der Waals surface area contributed by atoms with E-state index in [2.05, 4.69) is 0 Å². The molecule has 0 saturated carbocycles. The van der Waals surface area contributed by atoms with Crippen molar-refractivity contribution in [1.82, 2.24) is 0 Å². The van der Waals surface area contributed by atoms with Crippen LogP contribution in [-0.4, -0.2) is 44.4 Å². The Bertz CT molecular complexity index is 511. The molecule has 0 aromatic heterocycles. The zero-order chi connectivity index (χ0) is 15.4. The minimum atomic E-state index is -2.73. The molecule has 1 aromatic carbocycles. The SMILES string of the molecule is COCC1CN(c2ccc(C(F)F)cc2[N+](=O)[O-])CCO1. The van der Waals surface area contributed by atoms with E-state index in [1.54, 1.807) is 12.0 Å². The van der Waals surface area contributed by atoms with Gasteiger partial charge in [-0.2, -0.15) is 0 Å². The first-order valence-electron chi connectivity index (χ1n) is 6.45. The standard InChI is InChI=1S/C13H16F2N2O4/c1-20-8-10-7-16(4-5-21-10)11-3-2-9(13(14)15)6-12(11)17(18)19/h2-3,6,10,13H,4-5,7-8H2,1H3. The van der Waals surface area contributed by atoms with Crippen molar-refractivity contribution in [1.29, 1.82) is 0 Å². The molecule has 2 rings (SSSR count). The van der Waals surface area contributed by atoms with Gasteiger partial charge in [-0.05, 0) is 6.07 Å². The van der Waals surface area contributed by atoms with Gasteiger partial charge in [-0.25, -0.2) is 8.78 Å². The molecule has 0 amide bonds. The zero-order valence-electron chi connectivity index (χ0n) is 11.5. The van der Waals surface area contributed by atoms with Crippen LogP contribution in [0.25, 0.3) is 0 Å². The Morgan fingerprint density at radius 3 is 2.95 bits per heavy atom. The summed E-state index contributed by atoms with van der Waals surface area (Å²) in [6.07, 6.45) is -2.93. The molecule has 1 fully saturated rings. The Balaban J connectivity index is 2.27. The highest BCUT2D eigenvalue weighted by atomic mass is 19.3. The monoisotopic (exact) mass is 302 g/mol. The number of halogens is 2. The minimum Gasteiger partial charge on any atom is -0.382 e. The Morgan fingerprint density at radius 2 is 2.33 bits per heavy atom. The van der Waals surface area contributed by atoms with E-state index in [4.69, 9.17) is 9.47 Å². The molecule has 0 spiro atoms. The second kappa shape index (κ2) is 6.77. The van der Waals surface area contributed by atoms with E-state index in [0.29, 0.717) is 32.0 Å². The van der Waals surface area contributed by atoms with Gasteiger partial charge in [0.15, 0.2) is 0 Å². The van der Waals surface area contributed by atoms with Crippen LogP contribution in [0.5, 0.6) is 0 Å². The molecule has 21 heavy (non-hydrogen) atoms. The van der Waals surface area contributed by atoms with Gasteiger partial charge in [-0.1, -0.05) is 6.07 Å². The number of ether oxygens (including phenoxy) is 2. The summed E-state index contributed by atoms with van der Waals surface area (Å²) in [5.41, 5.74) is -0.341. The van der Waals surface area contributed by atoms with Crippen LogP contribution in [0.3, 0.4) is 0 Å². The van der Waals surface area contributed by atoms with Crippen molar-refractivity contribution in [2.45, 2.75) is 12.5 Å². The summed E-state index contributed by atoms with van der Waals surface area (Å²) in [5, 5.41) is 11.1. The van der Waals surface area contributed by atoms with E-state index in [9.17, 15) is 18.9 Å². The van der Waals surface area contributed by atoms with Crippen molar-refractivity contribution in [3.63, 3.8) is 0 Å². The van der Waals surface area contributed by atoms with Gasteiger partial charge in [0.05, 0.1) is 24.2 Å². The number of rotatable bonds is 5. The number of hydrogen-bond donors (Lipinski definition) is 0. The van der Waals surface area contributed by atoms with Gasteiger partial charge in [-0.3, -0.25) is 10.1 Å². The largest absolute Gasteiger partial charge is 0.382 e. The number of anilines is 1. The second-order valence-electron chi connectivity index (χ2n) is 4.70. The number of benzene rings is 1. The van der Waals surface area contributed by atoms with Gasteiger partial charge in [0.1, 0.15) is 5.69 Å². The van der Waals surface area contributed by atoms with Gasteiger partial charge < -0.3 is 14.4 Å². The molecule has 1 unspecified atom stereocenters. The molecule has 1 aliphatic rings. The number of methoxy groups -OCH3 is 1. The van der Waals surface area contributed by atoms with Crippen LogP contribution in [-0.2, 0) is 9.47 Å². The Hall–Kier alpha value is -1.80. The lowest BCUT2D eigenvalue weighted by Crippen LogP contribution is -2.44. The third-order valence-corrected chi connectivity index (χ3v) is 3.28. The molecule has 8 heteroatoms. The predicted octanol–water partition coefficient (Wildman–Crippen LogP) is 2.38. The lowest BCUT2D eigenvalue weighted by molar-refractivity contribution is -0.384. The van der Waals surface area contributed by atoms with E-state index in [1.807, 2.05) is 0 Å². The van der Waals surface area contributed by atoms with E-state index in [-0.39, 0.29) is 17.4 Å². The predicted molar refractivity (Wildman–Crippen MR) is 71.9 cm³/mol. The normalized spacial score (nSPS) is 19.0. The molecular formula is C13H16F2N2O4. The van der Waals surface area contributed by atoms with Crippen molar-refractivity contribution in [3.05, 3.63) is 33.9 Å². The molecule has 0 aliphatic carbocycles. The van der Waals surface area contributed by atoms with Gasteiger partial charge in [0.25, 0.3) is 12.1 Å². The van der Waals surface area contributed by atoms with Crippen LogP contribution in [0.4, 0.5) is 20.2 Å². The summed E-state index contributed by atoms with van der Waals surface area (Å²) < 4.78 is 35.8. The van der Waals surface area contributed by atoms with Gasteiger partial charge in [-0.15, -0.1) is 0 Å². The van der Waals surface area contributed by atoms with Crippen LogP contribution in [0, 0.1) is 10.1 Å². The molecule has 0 bridgehead atoms. The van der Waals surface area contributed by atoms with Crippen molar-refractivity contribution >= 4 is 11.4 Å². The fourth-order valence-corrected chi connectivity index (χ4v) is 2.31. The fraction of sp³-hybridized carbons (Fsp3) is 0.538. The summed E-state index contributed by atoms with van der Waals surface area (Å²) in [7, 11) is 1.54. The summed E-state index contributed by atoms with van der Waals surface area (Å²) >= 11 is 0. The smallest absolute Gasteiger partial charge is 0.293 e. The Morgan fingerprint density at radius 1 is 1.57 bits per heavy atom. The molecule has 1 aliphatic heterocycles. The molecule has 1 saturated heterocycles. The summed E-state index contributed by atoms with van der Waals surface area (Å²) in [4.78, 5) is 12.3. The van der Waals surface area contributed by atoms with E-state index >= 15 is 0 Å². The molecular weight excluding hydrogens is 286 g/mol. The number of nitro benzene ring substituents is 1. The first-order chi connectivity index (χ1) is 10.0. The maximum Gasteiger partial charge on any atom is 0.293 e. The lowest BCUT2D eigenvalue weighted by Gasteiger charge is -2.33. The molecule has 0 radical (unpaired) electrons. The summed E-state index contributed by atoms with van der Waals surface area (Å²) in [5.74, 6) is 0. The fourth-order valence-electron chi connectivity index (χ4n) is 2.31. The van der Waals surface area contributed by atoms with Crippen molar-refractivity contribution in [3.8, 4) is 0 Å². The van der Waals surface area contributed by atoms with Crippen LogP contribution >= 0.6 is 0 Å². The van der Waals surface area contributed by atoms with Crippen LogP contribution in [0.1, 0.15) is 12.0 Å². The number of nitrogens with zero attached hydrogens (tertiary/aromatic N) is 2. The van der Waals surface area contributed by atoms with Gasteiger partial charge in [0, 0.05) is 31.8 Å². The van der Waals surface area contributed by atoms with Crippen LogP contribution in [0.15, 0.2) is 18.2 Å². The van der Waals surface area contributed by atoms with Crippen molar-refractivity contribution < 1.29 is 23.2 Å². The number of nitro groups is 1. The minimum absolute atomic E-state index is 0.196. The first-order valence-corrected chi connectivity index (χ1v) is 6.45.